The lowest BCUT2D eigenvalue weighted by molar-refractivity contribution is -0.387. The maximum atomic E-state index is 13.5. The topological polar surface area (TPSA) is 103 Å². The third-order valence-corrected chi connectivity index (χ3v) is 7.83. The van der Waals surface area contributed by atoms with E-state index < -0.39 is 16.4 Å². The number of carbonyl (C=O) groups excluding carboxylic acids is 1. The number of benzene rings is 1. The summed E-state index contributed by atoms with van der Waals surface area (Å²) in [5.41, 5.74) is 0.891. The zero-order valence-electron chi connectivity index (χ0n) is 17.6. The van der Waals surface area contributed by atoms with Crippen molar-refractivity contribution in [2.45, 2.75) is 37.8 Å². The Labute approximate surface area is 192 Å². The molecule has 1 aliphatic carbocycles. The van der Waals surface area contributed by atoms with Gasteiger partial charge in [-0.3, -0.25) is 14.9 Å². The van der Waals surface area contributed by atoms with Crippen LogP contribution in [0.2, 0.25) is 0 Å². The van der Waals surface area contributed by atoms with Crippen molar-refractivity contribution in [2.75, 3.05) is 11.1 Å². The summed E-state index contributed by atoms with van der Waals surface area (Å²) in [6, 6.07) is 5.46. The SMILES string of the molecule is CCC1CCc2sc(-c3nnc(SCC(=O)Nc4ccc(F)c([N+](=O)[O-])c4)n3C)cc2C1. The van der Waals surface area contributed by atoms with Crippen LogP contribution in [0.5, 0.6) is 0 Å². The van der Waals surface area contributed by atoms with Crippen LogP contribution in [0.15, 0.2) is 29.4 Å². The molecule has 4 rings (SSSR count). The second-order valence-corrected chi connectivity index (χ2v) is 9.78. The van der Waals surface area contributed by atoms with Crippen LogP contribution in [-0.2, 0) is 24.7 Å². The molecule has 0 saturated carbocycles. The van der Waals surface area contributed by atoms with Crippen molar-refractivity contribution in [3.63, 3.8) is 0 Å². The van der Waals surface area contributed by atoms with Crippen LogP contribution >= 0.6 is 23.1 Å². The van der Waals surface area contributed by atoms with Gasteiger partial charge in [0.25, 0.3) is 0 Å². The number of aromatic nitrogens is 3. The van der Waals surface area contributed by atoms with Crippen molar-refractivity contribution in [2.24, 2.45) is 13.0 Å². The number of amides is 1. The third kappa shape index (κ3) is 4.68. The van der Waals surface area contributed by atoms with E-state index in [4.69, 9.17) is 0 Å². The highest BCUT2D eigenvalue weighted by Gasteiger charge is 2.23. The van der Waals surface area contributed by atoms with E-state index in [9.17, 15) is 19.3 Å². The number of halogens is 1. The zero-order valence-corrected chi connectivity index (χ0v) is 19.3. The van der Waals surface area contributed by atoms with Crippen LogP contribution in [0.1, 0.15) is 30.2 Å². The number of nitrogens with one attached hydrogen (secondary N) is 1. The maximum Gasteiger partial charge on any atom is 0.306 e. The lowest BCUT2D eigenvalue weighted by Crippen LogP contribution is -2.14. The molecule has 2 aromatic heterocycles. The van der Waals surface area contributed by atoms with Crippen molar-refractivity contribution in [3.05, 3.63) is 50.6 Å². The first-order valence-corrected chi connectivity index (χ1v) is 12.0. The van der Waals surface area contributed by atoms with Crippen LogP contribution in [0.25, 0.3) is 10.7 Å². The van der Waals surface area contributed by atoms with Crippen molar-refractivity contribution in [1.82, 2.24) is 14.8 Å². The number of hydrogen-bond acceptors (Lipinski definition) is 7. The van der Waals surface area contributed by atoms with Crippen LogP contribution in [0, 0.1) is 21.8 Å². The second kappa shape index (κ2) is 9.37. The third-order valence-electron chi connectivity index (χ3n) is 5.58. The number of rotatable bonds is 7. The van der Waals surface area contributed by atoms with Gasteiger partial charge in [-0.25, -0.2) is 0 Å². The summed E-state index contributed by atoms with van der Waals surface area (Å²) < 4.78 is 15.3. The number of fused-ring (bicyclic) bond motifs is 1. The number of nitro benzene ring substituents is 1. The van der Waals surface area contributed by atoms with E-state index in [0.717, 1.165) is 41.6 Å². The quantitative estimate of drug-likeness (QED) is 0.298. The van der Waals surface area contributed by atoms with Crippen LogP contribution in [0.4, 0.5) is 15.8 Å². The molecule has 0 aliphatic heterocycles. The number of nitro groups is 1. The summed E-state index contributed by atoms with van der Waals surface area (Å²) in [5, 5.41) is 22.5. The molecule has 1 N–H and O–H groups in total. The summed E-state index contributed by atoms with van der Waals surface area (Å²) in [5.74, 6) is 0.231. The minimum Gasteiger partial charge on any atom is -0.325 e. The van der Waals surface area contributed by atoms with E-state index in [-0.39, 0.29) is 17.3 Å². The molecule has 1 atom stereocenters. The summed E-state index contributed by atoms with van der Waals surface area (Å²) >= 11 is 2.98. The molecule has 3 aromatic rings. The van der Waals surface area contributed by atoms with Gasteiger partial charge in [-0.1, -0.05) is 25.1 Å². The maximum absolute atomic E-state index is 13.5. The summed E-state index contributed by atoms with van der Waals surface area (Å²) in [6.07, 6.45) is 4.65. The summed E-state index contributed by atoms with van der Waals surface area (Å²) in [4.78, 5) is 24.8. The molecular formula is C21H22FN5O3S2. The zero-order chi connectivity index (χ0) is 22.8. The van der Waals surface area contributed by atoms with Gasteiger partial charge in [0.2, 0.25) is 11.7 Å². The number of carbonyl (C=O) groups is 1. The smallest absolute Gasteiger partial charge is 0.306 e. The second-order valence-electron chi connectivity index (χ2n) is 7.70. The number of thiophene rings is 1. The Morgan fingerprint density at radius 2 is 2.22 bits per heavy atom. The van der Waals surface area contributed by atoms with Crippen molar-refractivity contribution >= 4 is 40.4 Å². The predicted octanol–water partition coefficient (Wildman–Crippen LogP) is 4.84. The molecular weight excluding hydrogens is 453 g/mol. The molecule has 1 amide bonds. The number of nitrogens with zero attached hydrogens (tertiary/aromatic N) is 4. The van der Waals surface area contributed by atoms with Gasteiger partial charge in [-0.2, -0.15) is 4.39 Å². The molecule has 1 aliphatic rings. The normalized spacial score (nSPS) is 15.4. The van der Waals surface area contributed by atoms with E-state index >= 15 is 0 Å². The molecule has 8 nitrogen and oxygen atoms in total. The fourth-order valence-corrected chi connectivity index (χ4v) is 5.71. The van der Waals surface area contributed by atoms with E-state index in [1.54, 1.807) is 11.3 Å². The number of aryl methyl sites for hydroxylation is 1. The highest BCUT2D eigenvalue weighted by Crippen LogP contribution is 2.38. The van der Waals surface area contributed by atoms with Crippen LogP contribution in [-0.4, -0.2) is 31.3 Å². The largest absolute Gasteiger partial charge is 0.325 e. The van der Waals surface area contributed by atoms with E-state index in [1.165, 1.54) is 41.1 Å². The molecule has 2 heterocycles. The Balaban J connectivity index is 1.41. The standard InChI is InChI=1S/C21H22FN5O3S2/c1-3-12-4-7-17-13(8-12)9-18(32-17)20-24-25-21(26(20)2)31-11-19(28)23-14-5-6-15(22)16(10-14)27(29)30/h5-6,9-10,12H,3-4,7-8,11H2,1-2H3,(H,23,28). The van der Waals surface area contributed by atoms with Crippen LogP contribution in [0.3, 0.4) is 0 Å². The van der Waals surface area contributed by atoms with Gasteiger partial charge in [0.1, 0.15) is 0 Å². The molecule has 1 unspecified atom stereocenters. The highest BCUT2D eigenvalue weighted by atomic mass is 32.2. The van der Waals surface area contributed by atoms with Gasteiger partial charge in [-0.15, -0.1) is 21.5 Å². The Morgan fingerprint density at radius 1 is 1.41 bits per heavy atom. The molecule has 168 valence electrons. The minimum atomic E-state index is -0.950. The fraction of sp³-hybridized carbons (Fsp3) is 0.381. The monoisotopic (exact) mass is 475 g/mol. The molecule has 0 fully saturated rings. The highest BCUT2D eigenvalue weighted by molar-refractivity contribution is 7.99. The van der Waals surface area contributed by atoms with Crippen molar-refractivity contribution < 1.29 is 14.1 Å². The van der Waals surface area contributed by atoms with Gasteiger partial charge in [0.05, 0.1) is 15.6 Å². The molecule has 32 heavy (non-hydrogen) atoms. The molecule has 0 radical (unpaired) electrons. The molecule has 11 heteroatoms. The van der Waals surface area contributed by atoms with Gasteiger partial charge in [0, 0.05) is 23.7 Å². The van der Waals surface area contributed by atoms with Gasteiger partial charge in [0.15, 0.2) is 11.0 Å². The van der Waals surface area contributed by atoms with E-state index in [1.807, 2.05) is 11.6 Å². The Hall–Kier alpha value is -2.79. The average Bonchev–Trinajstić information content (AvgIpc) is 3.35. The molecule has 0 spiro atoms. The first-order valence-electron chi connectivity index (χ1n) is 10.2. The predicted molar refractivity (Wildman–Crippen MR) is 123 cm³/mol. The van der Waals surface area contributed by atoms with E-state index in [2.05, 4.69) is 28.5 Å². The fourth-order valence-electron chi connectivity index (χ4n) is 3.77. The number of hydrogen-bond donors (Lipinski definition) is 1. The van der Waals surface area contributed by atoms with Crippen molar-refractivity contribution in [3.8, 4) is 10.7 Å². The molecule has 1 aromatic carbocycles. The Kier molecular flexibility index (Phi) is 6.56. The molecule has 0 saturated heterocycles. The first kappa shape index (κ1) is 22.4. The van der Waals surface area contributed by atoms with Gasteiger partial charge < -0.3 is 9.88 Å². The lowest BCUT2D eigenvalue weighted by atomic mass is 9.87. The first-order chi connectivity index (χ1) is 15.4. The summed E-state index contributed by atoms with van der Waals surface area (Å²) in [7, 11) is 1.87. The Morgan fingerprint density at radius 3 is 2.97 bits per heavy atom. The number of thioether (sulfide) groups is 1. The Bertz CT molecular complexity index is 1180. The average molecular weight is 476 g/mol. The van der Waals surface area contributed by atoms with E-state index in [0.29, 0.717) is 5.16 Å². The van der Waals surface area contributed by atoms with Crippen molar-refractivity contribution in [1.29, 1.82) is 0 Å². The van der Waals surface area contributed by atoms with Gasteiger partial charge in [-0.05, 0) is 48.9 Å². The molecule has 0 bridgehead atoms. The van der Waals surface area contributed by atoms with Crippen LogP contribution < -0.4 is 5.32 Å². The lowest BCUT2D eigenvalue weighted by Gasteiger charge is -2.19. The minimum absolute atomic E-state index is 0.0380. The van der Waals surface area contributed by atoms with Gasteiger partial charge >= 0.3 is 5.69 Å². The summed E-state index contributed by atoms with van der Waals surface area (Å²) in [6.45, 7) is 2.24. The number of anilines is 1.